The molecule has 1 N–H and O–H groups in total. The highest BCUT2D eigenvalue weighted by molar-refractivity contribution is 6.20. The minimum Gasteiger partial charge on any atom is -0.326 e. The molecule has 0 bridgehead atoms. The van der Waals surface area contributed by atoms with Gasteiger partial charge in [-0.25, -0.2) is 0 Å². The highest BCUT2D eigenvalue weighted by Crippen LogP contribution is 2.20. The second kappa shape index (κ2) is 6.09. The van der Waals surface area contributed by atoms with Crippen LogP contribution >= 0.6 is 11.6 Å². The molecule has 0 aliphatic rings. The largest absolute Gasteiger partial charge is 0.326 e. The molecule has 0 radical (unpaired) electrons. The van der Waals surface area contributed by atoms with Gasteiger partial charge in [0.25, 0.3) is 0 Å². The molecule has 0 unspecified atom stereocenters. The Labute approximate surface area is 123 Å². The van der Waals surface area contributed by atoms with Crippen molar-refractivity contribution in [3.8, 4) is 0 Å². The normalized spacial score (nSPS) is 11.3. The van der Waals surface area contributed by atoms with Crippen molar-refractivity contribution >= 4 is 23.2 Å². The molecule has 0 fully saturated rings. The number of aromatic nitrogens is 2. The van der Waals surface area contributed by atoms with Gasteiger partial charge in [0.1, 0.15) is 0 Å². The van der Waals surface area contributed by atoms with Gasteiger partial charge < -0.3 is 5.32 Å². The molecule has 0 aliphatic heterocycles. The number of benzene rings is 1. The Hall–Kier alpha value is -1.81. The standard InChI is InChI=1S/C15H18ClN3O/c1-15(2,11-16)14(20)18-13-6-3-5-12(9-13)10-19-8-4-7-17-19/h3-9H,10-11H2,1-2H3,(H,18,20). The van der Waals surface area contributed by atoms with Crippen LogP contribution in [0.15, 0.2) is 42.7 Å². The SMILES string of the molecule is CC(C)(CCl)C(=O)Nc1cccc(Cn2cccn2)c1. The highest BCUT2D eigenvalue weighted by atomic mass is 35.5. The third-order valence-corrected chi connectivity index (χ3v) is 3.71. The van der Waals surface area contributed by atoms with Crippen LogP contribution in [0.3, 0.4) is 0 Å². The summed E-state index contributed by atoms with van der Waals surface area (Å²) >= 11 is 5.81. The van der Waals surface area contributed by atoms with Crippen LogP contribution in [0.4, 0.5) is 5.69 Å². The van der Waals surface area contributed by atoms with E-state index in [0.717, 1.165) is 11.3 Å². The van der Waals surface area contributed by atoms with Gasteiger partial charge in [0.2, 0.25) is 5.91 Å². The quantitative estimate of drug-likeness (QED) is 0.860. The van der Waals surface area contributed by atoms with Crippen LogP contribution < -0.4 is 5.32 Å². The number of amides is 1. The van der Waals surface area contributed by atoms with Crippen molar-refractivity contribution in [2.45, 2.75) is 20.4 Å². The Morgan fingerprint density at radius 2 is 2.20 bits per heavy atom. The minimum absolute atomic E-state index is 0.0799. The van der Waals surface area contributed by atoms with E-state index in [0.29, 0.717) is 6.54 Å². The van der Waals surface area contributed by atoms with E-state index in [4.69, 9.17) is 11.6 Å². The fraction of sp³-hybridized carbons (Fsp3) is 0.333. The summed E-state index contributed by atoms with van der Waals surface area (Å²) in [4.78, 5) is 12.1. The van der Waals surface area contributed by atoms with Gasteiger partial charge in [-0.05, 0) is 37.6 Å². The van der Waals surface area contributed by atoms with Crippen molar-refractivity contribution in [2.24, 2.45) is 5.41 Å². The van der Waals surface area contributed by atoms with Gasteiger partial charge in [-0.3, -0.25) is 9.48 Å². The zero-order valence-corrected chi connectivity index (χ0v) is 12.4. The number of rotatable bonds is 5. The van der Waals surface area contributed by atoms with E-state index in [1.807, 2.05) is 55.1 Å². The van der Waals surface area contributed by atoms with Crippen molar-refractivity contribution in [3.05, 3.63) is 48.3 Å². The van der Waals surface area contributed by atoms with Gasteiger partial charge in [0.05, 0.1) is 12.0 Å². The Morgan fingerprint density at radius 3 is 2.85 bits per heavy atom. The first-order chi connectivity index (χ1) is 9.51. The van der Waals surface area contributed by atoms with E-state index in [2.05, 4.69) is 10.4 Å². The van der Waals surface area contributed by atoms with E-state index in [-0.39, 0.29) is 11.8 Å². The number of carbonyl (C=O) groups is 1. The van der Waals surface area contributed by atoms with E-state index >= 15 is 0 Å². The first-order valence-corrected chi connectivity index (χ1v) is 6.98. The average Bonchev–Trinajstić information content (AvgIpc) is 2.92. The third-order valence-electron chi connectivity index (χ3n) is 3.04. The molecule has 1 amide bonds. The fourth-order valence-electron chi connectivity index (χ4n) is 1.69. The molecule has 1 aromatic heterocycles. The number of halogens is 1. The molecular weight excluding hydrogens is 274 g/mol. The number of hydrogen-bond donors (Lipinski definition) is 1. The predicted octanol–water partition coefficient (Wildman–Crippen LogP) is 3.13. The molecule has 0 aliphatic carbocycles. The lowest BCUT2D eigenvalue weighted by Crippen LogP contribution is -2.32. The first-order valence-electron chi connectivity index (χ1n) is 6.45. The molecule has 0 spiro atoms. The van der Waals surface area contributed by atoms with E-state index < -0.39 is 5.41 Å². The summed E-state index contributed by atoms with van der Waals surface area (Å²) < 4.78 is 1.84. The second-order valence-corrected chi connectivity index (χ2v) is 5.64. The van der Waals surface area contributed by atoms with Crippen molar-refractivity contribution in [3.63, 3.8) is 0 Å². The maximum absolute atomic E-state index is 12.1. The Bertz CT molecular complexity index is 579. The van der Waals surface area contributed by atoms with Gasteiger partial charge in [-0.1, -0.05) is 12.1 Å². The molecule has 4 nitrogen and oxygen atoms in total. The van der Waals surface area contributed by atoms with Gasteiger partial charge in [0.15, 0.2) is 0 Å². The molecule has 2 rings (SSSR count). The van der Waals surface area contributed by atoms with E-state index in [1.54, 1.807) is 6.20 Å². The highest BCUT2D eigenvalue weighted by Gasteiger charge is 2.26. The van der Waals surface area contributed by atoms with Gasteiger partial charge in [-0.2, -0.15) is 5.10 Å². The molecule has 0 saturated carbocycles. The molecule has 0 saturated heterocycles. The summed E-state index contributed by atoms with van der Waals surface area (Å²) in [5.41, 5.74) is 1.27. The van der Waals surface area contributed by atoms with Crippen LogP contribution in [0.25, 0.3) is 0 Å². The Balaban J connectivity index is 2.08. The van der Waals surface area contributed by atoms with Crippen molar-refractivity contribution < 1.29 is 4.79 Å². The van der Waals surface area contributed by atoms with Crippen LogP contribution in [-0.4, -0.2) is 21.6 Å². The van der Waals surface area contributed by atoms with Gasteiger partial charge in [-0.15, -0.1) is 11.6 Å². The molecule has 1 aromatic carbocycles. The molecule has 5 heteroatoms. The van der Waals surface area contributed by atoms with E-state index in [9.17, 15) is 4.79 Å². The van der Waals surface area contributed by atoms with Crippen LogP contribution in [-0.2, 0) is 11.3 Å². The topological polar surface area (TPSA) is 46.9 Å². The van der Waals surface area contributed by atoms with Crippen LogP contribution in [0.2, 0.25) is 0 Å². The summed E-state index contributed by atoms with van der Waals surface area (Å²) in [7, 11) is 0. The summed E-state index contributed by atoms with van der Waals surface area (Å²) in [6.07, 6.45) is 3.65. The number of carbonyl (C=O) groups excluding carboxylic acids is 1. The van der Waals surface area contributed by atoms with Crippen LogP contribution in [0.1, 0.15) is 19.4 Å². The smallest absolute Gasteiger partial charge is 0.231 e. The summed E-state index contributed by atoms with van der Waals surface area (Å²) in [6, 6.07) is 9.62. The predicted molar refractivity (Wildman–Crippen MR) is 80.9 cm³/mol. The maximum Gasteiger partial charge on any atom is 0.231 e. The molecule has 0 atom stereocenters. The second-order valence-electron chi connectivity index (χ2n) is 5.38. The first kappa shape index (κ1) is 14.6. The molecule has 2 aromatic rings. The molecule has 1 heterocycles. The fourth-order valence-corrected chi connectivity index (χ4v) is 1.81. The summed E-state index contributed by atoms with van der Waals surface area (Å²) in [6.45, 7) is 4.32. The van der Waals surface area contributed by atoms with Crippen molar-refractivity contribution in [2.75, 3.05) is 11.2 Å². The Kier molecular flexibility index (Phi) is 4.45. The number of alkyl halides is 1. The molecule has 106 valence electrons. The zero-order valence-electron chi connectivity index (χ0n) is 11.6. The third kappa shape index (κ3) is 3.61. The van der Waals surface area contributed by atoms with Gasteiger partial charge >= 0.3 is 0 Å². The molecular formula is C15H18ClN3O. The van der Waals surface area contributed by atoms with Gasteiger partial charge in [0, 0.05) is 24.0 Å². The number of anilines is 1. The summed E-state index contributed by atoms with van der Waals surface area (Å²) in [5, 5.41) is 7.07. The Morgan fingerprint density at radius 1 is 1.40 bits per heavy atom. The summed E-state index contributed by atoms with van der Waals surface area (Å²) in [5.74, 6) is 0.204. The number of nitrogens with zero attached hydrogens (tertiary/aromatic N) is 2. The number of hydrogen-bond acceptors (Lipinski definition) is 2. The monoisotopic (exact) mass is 291 g/mol. The van der Waals surface area contributed by atoms with Crippen LogP contribution in [0, 0.1) is 5.41 Å². The maximum atomic E-state index is 12.1. The van der Waals surface area contributed by atoms with Crippen LogP contribution in [0.5, 0.6) is 0 Å². The minimum atomic E-state index is -0.584. The van der Waals surface area contributed by atoms with Crippen molar-refractivity contribution in [1.82, 2.24) is 9.78 Å². The van der Waals surface area contributed by atoms with Crippen molar-refractivity contribution in [1.29, 1.82) is 0 Å². The lowest BCUT2D eigenvalue weighted by atomic mass is 9.95. The lowest BCUT2D eigenvalue weighted by molar-refractivity contribution is -0.122. The van der Waals surface area contributed by atoms with E-state index in [1.165, 1.54) is 0 Å². The zero-order chi connectivity index (χ0) is 14.6. The number of nitrogens with one attached hydrogen (secondary N) is 1. The molecule has 20 heavy (non-hydrogen) atoms. The lowest BCUT2D eigenvalue weighted by Gasteiger charge is -2.20. The average molecular weight is 292 g/mol.